The Kier molecular flexibility index (Phi) is 69.1. The molecular formula is C77H140O6. The zero-order valence-electron chi connectivity index (χ0n) is 55.7. The summed E-state index contributed by atoms with van der Waals surface area (Å²) >= 11 is 0. The van der Waals surface area contributed by atoms with Crippen LogP contribution in [0.15, 0.2) is 60.8 Å². The largest absolute Gasteiger partial charge is 0.462 e. The van der Waals surface area contributed by atoms with Gasteiger partial charge in [0.25, 0.3) is 0 Å². The van der Waals surface area contributed by atoms with Crippen molar-refractivity contribution in [3.63, 3.8) is 0 Å². The van der Waals surface area contributed by atoms with Gasteiger partial charge in [0.2, 0.25) is 0 Å². The van der Waals surface area contributed by atoms with Gasteiger partial charge < -0.3 is 14.2 Å². The van der Waals surface area contributed by atoms with Crippen LogP contribution in [0, 0.1) is 0 Å². The van der Waals surface area contributed by atoms with E-state index < -0.39 is 6.10 Å². The molecule has 0 saturated heterocycles. The topological polar surface area (TPSA) is 78.9 Å². The number of hydrogen-bond donors (Lipinski definition) is 0. The van der Waals surface area contributed by atoms with Crippen molar-refractivity contribution in [2.45, 2.75) is 399 Å². The molecule has 0 amide bonds. The lowest BCUT2D eigenvalue weighted by Crippen LogP contribution is -2.30. The van der Waals surface area contributed by atoms with E-state index in [1.807, 2.05) is 0 Å². The van der Waals surface area contributed by atoms with Gasteiger partial charge in [0, 0.05) is 19.3 Å². The first-order valence-corrected chi connectivity index (χ1v) is 36.8. The highest BCUT2D eigenvalue weighted by Crippen LogP contribution is 2.18. The number of carbonyl (C=O) groups excluding carboxylic acids is 3. The third-order valence-electron chi connectivity index (χ3n) is 16.5. The van der Waals surface area contributed by atoms with Crippen molar-refractivity contribution < 1.29 is 28.6 Å². The minimum absolute atomic E-state index is 0.0694. The van der Waals surface area contributed by atoms with Crippen LogP contribution >= 0.6 is 0 Å². The van der Waals surface area contributed by atoms with E-state index in [1.54, 1.807) is 0 Å². The second kappa shape index (κ2) is 71.6. The van der Waals surface area contributed by atoms with Crippen LogP contribution in [0.1, 0.15) is 393 Å². The van der Waals surface area contributed by atoms with Gasteiger partial charge in [-0.25, -0.2) is 0 Å². The smallest absolute Gasteiger partial charge is 0.306 e. The number of rotatable bonds is 68. The summed E-state index contributed by atoms with van der Waals surface area (Å²) < 4.78 is 17.0. The van der Waals surface area contributed by atoms with Crippen LogP contribution in [0.5, 0.6) is 0 Å². The lowest BCUT2D eigenvalue weighted by atomic mass is 10.0. The number of allylic oxidation sites excluding steroid dienone is 10. The second-order valence-corrected chi connectivity index (χ2v) is 24.8. The van der Waals surface area contributed by atoms with Crippen molar-refractivity contribution in [1.29, 1.82) is 0 Å². The number of unbranched alkanes of at least 4 members (excludes halogenated alkanes) is 47. The van der Waals surface area contributed by atoms with Gasteiger partial charge in [-0.2, -0.15) is 0 Å². The third-order valence-corrected chi connectivity index (χ3v) is 16.5. The van der Waals surface area contributed by atoms with Gasteiger partial charge in [-0.3, -0.25) is 14.4 Å². The summed E-state index contributed by atoms with van der Waals surface area (Å²) in [7, 11) is 0. The van der Waals surface area contributed by atoms with Crippen molar-refractivity contribution >= 4 is 17.9 Å². The molecule has 0 aromatic carbocycles. The molecule has 0 aliphatic carbocycles. The van der Waals surface area contributed by atoms with Gasteiger partial charge >= 0.3 is 17.9 Å². The summed E-state index contributed by atoms with van der Waals surface area (Å²) in [5.41, 5.74) is 0. The Bertz CT molecular complexity index is 1470. The molecule has 0 spiro atoms. The molecule has 83 heavy (non-hydrogen) atoms. The number of hydrogen-bond acceptors (Lipinski definition) is 6. The molecule has 0 aromatic heterocycles. The maximum absolute atomic E-state index is 13.0. The highest BCUT2D eigenvalue weighted by atomic mass is 16.6. The molecule has 6 heteroatoms. The molecule has 0 heterocycles. The SMILES string of the molecule is CC/C=C\C/C=C\C/C=C\C/C=C\CCCCCCCCCCCCCCC(=O)OC(COC(=O)CCCCCCCCCCCCCCC)COC(=O)CCCCCCCCCCCCCCCCC/C=C\CCCCCCCCCC. The normalized spacial score (nSPS) is 12.4. The van der Waals surface area contributed by atoms with Crippen LogP contribution in [0.3, 0.4) is 0 Å². The fourth-order valence-electron chi connectivity index (χ4n) is 11.0. The van der Waals surface area contributed by atoms with Crippen molar-refractivity contribution in [2.75, 3.05) is 13.2 Å². The van der Waals surface area contributed by atoms with Crippen LogP contribution in [-0.4, -0.2) is 37.2 Å². The van der Waals surface area contributed by atoms with E-state index in [9.17, 15) is 14.4 Å². The van der Waals surface area contributed by atoms with Crippen LogP contribution in [0.4, 0.5) is 0 Å². The third kappa shape index (κ3) is 69.8. The van der Waals surface area contributed by atoms with E-state index in [2.05, 4.69) is 81.5 Å². The minimum Gasteiger partial charge on any atom is -0.462 e. The number of carbonyl (C=O) groups is 3. The Morgan fingerprint density at radius 3 is 0.747 bits per heavy atom. The summed E-state index contributed by atoms with van der Waals surface area (Å²) in [6, 6.07) is 0. The highest BCUT2D eigenvalue weighted by molar-refractivity contribution is 5.71. The Labute approximate surface area is 517 Å². The van der Waals surface area contributed by atoms with Gasteiger partial charge in [0.05, 0.1) is 0 Å². The molecule has 484 valence electrons. The Hall–Kier alpha value is -2.89. The second-order valence-electron chi connectivity index (χ2n) is 24.8. The predicted octanol–water partition coefficient (Wildman–Crippen LogP) is 25.5. The Morgan fingerprint density at radius 1 is 0.253 bits per heavy atom. The quantitative estimate of drug-likeness (QED) is 0.0261. The summed E-state index contributed by atoms with van der Waals surface area (Å²) in [6.07, 6.45) is 92.6. The van der Waals surface area contributed by atoms with Gasteiger partial charge in [0.1, 0.15) is 13.2 Å². The van der Waals surface area contributed by atoms with Crippen molar-refractivity contribution in [3.05, 3.63) is 60.8 Å². The molecule has 0 N–H and O–H groups in total. The van der Waals surface area contributed by atoms with E-state index in [4.69, 9.17) is 14.2 Å². The molecule has 1 atom stereocenters. The molecule has 6 nitrogen and oxygen atoms in total. The first-order valence-electron chi connectivity index (χ1n) is 36.8. The highest BCUT2D eigenvalue weighted by Gasteiger charge is 2.19. The van der Waals surface area contributed by atoms with Crippen LogP contribution in [0.2, 0.25) is 0 Å². The summed E-state index contributed by atoms with van der Waals surface area (Å²) in [4.78, 5) is 38.5. The molecular weight excluding hydrogens is 1020 g/mol. The van der Waals surface area contributed by atoms with Gasteiger partial charge in [-0.05, 0) is 83.5 Å². The molecule has 0 fully saturated rings. The van der Waals surface area contributed by atoms with Crippen LogP contribution < -0.4 is 0 Å². The monoisotopic (exact) mass is 1160 g/mol. The van der Waals surface area contributed by atoms with Crippen molar-refractivity contribution in [1.82, 2.24) is 0 Å². The lowest BCUT2D eigenvalue weighted by Gasteiger charge is -2.18. The number of ether oxygens (including phenoxy) is 3. The van der Waals surface area contributed by atoms with E-state index in [0.29, 0.717) is 19.3 Å². The molecule has 1 unspecified atom stereocenters. The van der Waals surface area contributed by atoms with E-state index in [-0.39, 0.29) is 31.1 Å². The molecule has 0 aliphatic heterocycles. The summed E-state index contributed by atoms with van der Waals surface area (Å²) in [5.74, 6) is -0.844. The Morgan fingerprint density at radius 2 is 0.470 bits per heavy atom. The van der Waals surface area contributed by atoms with Crippen molar-refractivity contribution in [2.24, 2.45) is 0 Å². The van der Waals surface area contributed by atoms with Crippen molar-refractivity contribution in [3.8, 4) is 0 Å². The maximum Gasteiger partial charge on any atom is 0.306 e. The zero-order chi connectivity index (χ0) is 59.9. The van der Waals surface area contributed by atoms with E-state index in [1.165, 1.54) is 270 Å². The fraction of sp³-hybridized carbons (Fsp3) is 0.831. The molecule has 0 aliphatic rings. The van der Waals surface area contributed by atoms with Crippen LogP contribution in [-0.2, 0) is 28.6 Å². The molecule has 0 aromatic rings. The van der Waals surface area contributed by atoms with E-state index >= 15 is 0 Å². The first kappa shape index (κ1) is 80.1. The molecule has 0 radical (unpaired) electrons. The molecule has 0 rings (SSSR count). The summed E-state index contributed by atoms with van der Waals surface area (Å²) in [6.45, 7) is 6.59. The average molecular weight is 1160 g/mol. The standard InChI is InChI=1S/C77H140O6/c1-4-7-10-13-16-19-22-25-27-29-31-33-35-37-38-40-41-43-45-47-49-52-55-58-61-64-67-70-76(79)82-73-74(72-81-75(78)69-66-63-60-57-54-51-24-21-18-15-12-9-6-3)83-77(80)71-68-65-62-59-56-53-50-48-46-44-42-39-36-34-32-30-28-26-23-20-17-14-11-8-5-2/h8,11,17,20,26,28-29,31-32,34,74H,4-7,9-10,12-16,18-19,21-25,27,30,33,35-73H2,1-3H3/b11-8-,20-17-,28-26-,31-29-,34-32-. The van der Waals surface area contributed by atoms with Gasteiger partial charge in [-0.1, -0.05) is 351 Å². The Balaban J connectivity index is 4.22. The fourth-order valence-corrected chi connectivity index (χ4v) is 11.0. The minimum atomic E-state index is -0.774. The molecule has 0 bridgehead atoms. The van der Waals surface area contributed by atoms with Crippen LogP contribution in [0.25, 0.3) is 0 Å². The van der Waals surface area contributed by atoms with Gasteiger partial charge in [-0.15, -0.1) is 0 Å². The average Bonchev–Trinajstić information content (AvgIpc) is 3.49. The lowest BCUT2D eigenvalue weighted by molar-refractivity contribution is -0.167. The summed E-state index contributed by atoms with van der Waals surface area (Å²) in [5, 5.41) is 0. The van der Waals surface area contributed by atoms with Gasteiger partial charge in [0.15, 0.2) is 6.10 Å². The molecule has 0 saturated carbocycles. The first-order chi connectivity index (χ1) is 41.0. The van der Waals surface area contributed by atoms with E-state index in [0.717, 1.165) is 83.5 Å². The zero-order valence-corrected chi connectivity index (χ0v) is 55.7. The maximum atomic E-state index is 13.0. The number of esters is 3. The predicted molar refractivity (Wildman–Crippen MR) is 362 cm³/mol.